The quantitative estimate of drug-likeness (QED) is 0.545. The number of hydrogen-bond acceptors (Lipinski definition) is 2. The van der Waals surface area contributed by atoms with Crippen LogP contribution in [0.15, 0.2) is 0 Å². The average Bonchev–Trinajstić information content (AvgIpc) is 2.60. The zero-order valence-electron chi connectivity index (χ0n) is 12.7. The minimum atomic E-state index is -0.234. The molecule has 1 saturated carbocycles. The monoisotopic (exact) mass is 255 g/mol. The summed E-state index contributed by atoms with van der Waals surface area (Å²) >= 11 is 0. The highest BCUT2D eigenvalue weighted by atomic mass is 16.3. The molecule has 1 aliphatic rings. The summed E-state index contributed by atoms with van der Waals surface area (Å²) in [6, 6.07) is 0.612. The lowest BCUT2D eigenvalue weighted by atomic mass is 9.88. The molecule has 0 bridgehead atoms. The Bertz CT molecular complexity index is 207. The van der Waals surface area contributed by atoms with E-state index in [9.17, 15) is 5.11 Å². The molecular formula is C16H33NO. The first-order chi connectivity index (χ1) is 8.70. The Balaban J connectivity index is 2.59. The first-order valence-corrected chi connectivity index (χ1v) is 8.10. The van der Waals surface area contributed by atoms with Crippen molar-refractivity contribution in [2.24, 2.45) is 5.92 Å². The minimum Gasteiger partial charge on any atom is -0.378 e. The Morgan fingerprint density at radius 3 is 2.50 bits per heavy atom. The van der Waals surface area contributed by atoms with Gasteiger partial charge in [-0.2, -0.15) is 0 Å². The zero-order valence-corrected chi connectivity index (χ0v) is 12.7. The van der Waals surface area contributed by atoms with Gasteiger partial charge in [-0.05, 0) is 38.6 Å². The molecule has 0 aromatic rings. The molecule has 0 aliphatic heterocycles. The van der Waals surface area contributed by atoms with E-state index >= 15 is 0 Å². The first-order valence-electron chi connectivity index (χ1n) is 8.10. The van der Waals surface area contributed by atoms with Crippen LogP contribution >= 0.6 is 0 Å². The molecule has 2 nitrogen and oxygen atoms in total. The average molecular weight is 255 g/mol. The number of unbranched alkanes of at least 4 members (excludes halogenated alkanes) is 1. The van der Waals surface area contributed by atoms with Crippen LogP contribution in [0.25, 0.3) is 0 Å². The standard InChI is InChI=1S/C16H33NO/c1-4-6-11-14-12-8-7-9-13-15(14)17(3)16(18)10-5-2/h14-16,18H,4-13H2,1-3H3. The molecule has 2 heteroatoms. The fourth-order valence-electron chi connectivity index (χ4n) is 3.39. The van der Waals surface area contributed by atoms with Gasteiger partial charge in [0, 0.05) is 6.04 Å². The van der Waals surface area contributed by atoms with Crippen LogP contribution in [0, 0.1) is 5.92 Å². The third-order valence-corrected chi connectivity index (χ3v) is 4.59. The normalized spacial score (nSPS) is 27.2. The summed E-state index contributed by atoms with van der Waals surface area (Å²) in [4.78, 5) is 2.27. The Kier molecular flexibility index (Phi) is 7.92. The number of nitrogens with zero attached hydrogens (tertiary/aromatic N) is 1. The van der Waals surface area contributed by atoms with Crippen molar-refractivity contribution >= 4 is 0 Å². The maximum atomic E-state index is 10.2. The van der Waals surface area contributed by atoms with Crippen molar-refractivity contribution < 1.29 is 5.11 Å². The number of aliphatic hydroxyl groups excluding tert-OH is 1. The van der Waals surface area contributed by atoms with E-state index < -0.39 is 0 Å². The summed E-state index contributed by atoms with van der Waals surface area (Å²) < 4.78 is 0. The molecule has 1 rings (SSSR count). The van der Waals surface area contributed by atoms with Crippen LogP contribution in [-0.4, -0.2) is 29.3 Å². The largest absolute Gasteiger partial charge is 0.378 e. The molecule has 0 amide bonds. The van der Waals surface area contributed by atoms with Gasteiger partial charge in [-0.1, -0.05) is 52.4 Å². The van der Waals surface area contributed by atoms with Crippen LogP contribution in [0.5, 0.6) is 0 Å². The maximum Gasteiger partial charge on any atom is 0.107 e. The molecule has 0 aromatic carbocycles. The van der Waals surface area contributed by atoms with Crippen LogP contribution < -0.4 is 0 Å². The molecule has 1 aliphatic carbocycles. The van der Waals surface area contributed by atoms with Crippen molar-refractivity contribution in [2.75, 3.05) is 7.05 Å². The van der Waals surface area contributed by atoms with Gasteiger partial charge < -0.3 is 5.11 Å². The summed E-state index contributed by atoms with van der Waals surface area (Å²) in [5.41, 5.74) is 0. The van der Waals surface area contributed by atoms with Gasteiger partial charge in [0.2, 0.25) is 0 Å². The maximum absolute atomic E-state index is 10.2. The molecule has 0 saturated heterocycles. The van der Waals surface area contributed by atoms with Crippen LogP contribution in [0.2, 0.25) is 0 Å². The summed E-state index contributed by atoms with van der Waals surface area (Å²) in [7, 11) is 2.13. The second kappa shape index (κ2) is 8.92. The van der Waals surface area contributed by atoms with Crippen molar-refractivity contribution in [1.29, 1.82) is 0 Å². The van der Waals surface area contributed by atoms with E-state index in [1.807, 2.05) is 0 Å². The molecule has 0 heterocycles. The Labute approximate surface area is 114 Å². The Morgan fingerprint density at radius 2 is 1.83 bits per heavy atom. The zero-order chi connectivity index (χ0) is 13.4. The van der Waals surface area contributed by atoms with E-state index in [1.54, 1.807) is 0 Å². The minimum absolute atomic E-state index is 0.234. The number of hydrogen-bond donors (Lipinski definition) is 1. The smallest absolute Gasteiger partial charge is 0.107 e. The predicted molar refractivity (Wildman–Crippen MR) is 78.6 cm³/mol. The Hall–Kier alpha value is -0.0800. The molecule has 0 aromatic heterocycles. The molecule has 18 heavy (non-hydrogen) atoms. The highest BCUT2D eigenvalue weighted by Gasteiger charge is 2.29. The Morgan fingerprint density at radius 1 is 1.11 bits per heavy atom. The number of aliphatic hydroxyl groups is 1. The van der Waals surface area contributed by atoms with Gasteiger partial charge >= 0.3 is 0 Å². The first kappa shape index (κ1) is 16.0. The second-order valence-corrected chi connectivity index (χ2v) is 6.04. The van der Waals surface area contributed by atoms with E-state index in [0.717, 1.165) is 18.8 Å². The van der Waals surface area contributed by atoms with E-state index in [4.69, 9.17) is 0 Å². The van der Waals surface area contributed by atoms with Crippen LogP contribution in [-0.2, 0) is 0 Å². The molecule has 3 atom stereocenters. The molecule has 1 fully saturated rings. The lowest BCUT2D eigenvalue weighted by Crippen LogP contribution is -2.44. The SMILES string of the molecule is CCCCC1CCCCCC1N(C)C(O)CCC. The summed E-state index contributed by atoms with van der Waals surface area (Å²) in [5.74, 6) is 0.809. The topological polar surface area (TPSA) is 23.5 Å². The van der Waals surface area contributed by atoms with Gasteiger partial charge in [-0.25, -0.2) is 0 Å². The van der Waals surface area contributed by atoms with Crippen LogP contribution in [0.1, 0.15) is 78.1 Å². The van der Waals surface area contributed by atoms with Gasteiger partial charge in [0.15, 0.2) is 0 Å². The second-order valence-electron chi connectivity index (χ2n) is 6.04. The lowest BCUT2D eigenvalue weighted by molar-refractivity contribution is -0.0312. The van der Waals surface area contributed by atoms with E-state index in [0.29, 0.717) is 6.04 Å². The third-order valence-electron chi connectivity index (χ3n) is 4.59. The van der Waals surface area contributed by atoms with Crippen molar-refractivity contribution in [3.63, 3.8) is 0 Å². The molecule has 0 spiro atoms. The van der Waals surface area contributed by atoms with Gasteiger partial charge in [-0.15, -0.1) is 0 Å². The van der Waals surface area contributed by atoms with E-state index in [1.165, 1.54) is 51.4 Å². The predicted octanol–water partition coefficient (Wildman–Crippen LogP) is 4.18. The van der Waals surface area contributed by atoms with Crippen molar-refractivity contribution in [3.05, 3.63) is 0 Å². The van der Waals surface area contributed by atoms with Gasteiger partial charge in [0.05, 0.1) is 0 Å². The van der Waals surface area contributed by atoms with Gasteiger partial charge in [0.25, 0.3) is 0 Å². The molecule has 0 radical (unpaired) electrons. The van der Waals surface area contributed by atoms with Crippen molar-refractivity contribution in [1.82, 2.24) is 4.90 Å². The van der Waals surface area contributed by atoms with Crippen molar-refractivity contribution in [2.45, 2.75) is 90.3 Å². The van der Waals surface area contributed by atoms with Gasteiger partial charge in [0.1, 0.15) is 6.23 Å². The summed E-state index contributed by atoms with van der Waals surface area (Å²) in [6.45, 7) is 4.43. The summed E-state index contributed by atoms with van der Waals surface area (Å²) in [6.07, 6.45) is 12.5. The van der Waals surface area contributed by atoms with Crippen LogP contribution in [0.3, 0.4) is 0 Å². The summed E-state index contributed by atoms with van der Waals surface area (Å²) in [5, 5.41) is 10.2. The highest BCUT2D eigenvalue weighted by Crippen LogP contribution is 2.31. The van der Waals surface area contributed by atoms with E-state index in [-0.39, 0.29) is 6.23 Å². The molecule has 108 valence electrons. The van der Waals surface area contributed by atoms with Crippen LogP contribution in [0.4, 0.5) is 0 Å². The van der Waals surface area contributed by atoms with E-state index in [2.05, 4.69) is 25.8 Å². The number of rotatable bonds is 7. The fraction of sp³-hybridized carbons (Fsp3) is 1.00. The third kappa shape index (κ3) is 4.89. The fourth-order valence-corrected chi connectivity index (χ4v) is 3.39. The lowest BCUT2D eigenvalue weighted by Gasteiger charge is -2.36. The van der Waals surface area contributed by atoms with Gasteiger partial charge in [-0.3, -0.25) is 4.90 Å². The molecule has 3 unspecified atom stereocenters. The highest BCUT2D eigenvalue weighted by molar-refractivity contribution is 4.81. The molecule has 1 N–H and O–H groups in total. The van der Waals surface area contributed by atoms with Crippen molar-refractivity contribution in [3.8, 4) is 0 Å². The molecular weight excluding hydrogens is 222 g/mol.